The summed E-state index contributed by atoms with van der Waals surface area (Å²) in [6.45, 7) is 6.73. The van der Waals surface area contributed by atoms with Gasteiger partial charge in [-0.15, -0.1) is 0 Å². The molecule has 4 aliphatic heterocycles. The van der Waals surface area contributed by atoms with Crippen LogP contribution in [0.1, 0.15) is 63.5 Å². The van der Waals surface area contributed by atoms with Crippen LogP contribution in [-0.2, 0) is 42.2 Å². The Balaban J connectivity index is 0.000000193. The quantitative estimate of drug-likeness (QED) is 0.0885. The van der Waals surface area contributed by atoms with Gasteiger partial charge >= 0.3 is 18.0 Å². The lowest BCUT2D eigenvalue weighted by Crippen LogP contribution is -2.49. The van der Waals surface area contributed by atoms with Gasteiger partial charge in [0.25, 0.3) is 5.91 Å². The molecule has 0 aromatic heterocycles. The Kier molecular flexibility index (Phi) is 16.3. The van der Waals surface area contributed by atoms with Crippen LogP contribution < -0.4 is 16.1 Å². The molecule has 0 spiro atoms. The van der Waals surface area contributed by atoms with E-state index >= 15 is 0 Å². The van der Waals surface area contributed by atoms with Crippen LogP contribution in [0, 0.1) is 0 Å². The van der Waals surface area contributed by atoms with E-state index in [2.05, 4.69) is 16.2 Å². The molecule has 3 aromatic rings. The van der Waals surface area contributed by atoms with Crippen molar-refractivity contribution in [3.63, 3.8) is 0 Å². The number of nitrogens with one attached hydrogen (secondary N) is 1. The fourth-order valence-corrected chi connectivity index (χ4v) is 6.77. The maximum absolute atomic E-state index is 12.7. The number of carbonyl (C=O) groups is 4. The van der Waals surface area contributed by atoms with Gasteiger partial charge in [-0.1, -0.05) is 86.1 Å². The third kappa shape index (κ3) is 11.4. The van der Waals surface area contributed by atoms with Crippen LogP contribution in [0.25, 0.3) is 0 Å². The van der Waals surface area contributed by atoms with Gasteiger partial charge < -0.3 is 19.4 Å². The van der Waals surface area contributed by atoms with E-state index in [-0.39, 0.29) is 30.1 Å². The number of nitrogens with zero attached hydrogens (tertiary/aromatic N) is 4. The highest BCUT2D eigenvalue weighted by Crippen LogP contribution is 2.32. The summed E-state index contributed by atoms with van der Waals surface area (Å²) in [5.74, 6) is 4.35. The van der Waals surface area contributed by atoms with Crippen molar-refractivity contribution < 1.29 is 43.3 Å². The highest BCUT2D eigenvalue weighted by Gasteiger charge is 2.49. The SMILES string of the molecule is CCCON.CCCONC(=O)[C@@H]1CC[C@@H]2CN1C(=O)N2OCc1ccccc1.O=C(Oc1ccc(Cl)cc1)[C@@H]1CC[C@@H]2CN1C(=O)N2OCc1ccccc1. The van der Waals surface area contributed by atoms with Crippen molar-refractivity contribution in [2.24, 2.45) is 5.90 Å². The average Bonchev–Trinajstić information content (AvgIpc) is 3.60. The Morgan fingerprint density at radius 3 is 1.70 bits per heavy atom. The first kappa shape index (κ1) is 42.4. The Morgan fingerprint density at radius 1 is 0.714 bits per heavy atom. The zero-order valence-electron chi connectivity index (χ0n) is 31.8. The summed E-state index contributed by atoms with van der Waals surface area (Å²) < 4.78 is 5.42. The van der Waals surface area contributed by atoms with Crippen molar-refractivity contribution in [1.29, 1.82) is 0 Å². The molecule has 4 atom stereocenters. The van der Waals surface area contributed by atoms with E-state index in [1.807, 2.05) is 74.5 Å². The lowest BCUT2D eigenvalue weighted by Gasteiger charge is -2.28. The first-order valence-corrected chi connectivity index (χ1v) is 19.4. The second-order valence-electron chi connectivity index (χ2n) is 13.6. The van der Waals surface area contributed by atoms with Gasteiger partial charge in [0.15, 0.2) is 0 Å². The van der Waals surface area contributed by atoms with Gasteiger partial charge in [0.05, 0.1) is 25.3 Å². The molecule has 15 nitrogen and oxygen atoms in total. The predicted molar refractivity (Wildman–Crippen MR) is 206 cm³/mol. The number of hydroxylamine groups is 5. The lowest BCUT2D eigenvalue weighted by molar-refractivity contribution is -0.141. The number of ether oxygens (including phenoxy) is 1. The van der Waals surface area contributed by atoms with Crippen molar-refractivity contribution in [1.82, 2.24) is 25.4 Å². The molecule has 4 heterocycles. The van der Waals surface area contributed by atoms with Crippen LogP contribution in [0.3, 0.4) is 0 Å². The Morgan fingerprint density at radius 2 is 1.21 bits per heavy atom. The number of nitrogens with two attached hydrogens (primary N) is 1. The lowest BCUT2D eigenvalue weighted by atomic mass is 10.0. The van der Waals surface area contributed by atoms with Crippen LogP contribution >= 0.6 is 11.6 Å². The Labute approximate surface area is 332 Å². The largest absolute Gasteiger partial charge is 0.425 e. The number of fused-ring (bicyclic) bond motifs is 4. The minimum absolute atomic E-state index is 0.00169. The summed E-state index contributed by atoms with van der Waals surface area (Å²) in [6.07, 6.45) is 4.41. The highest BCUT2D eigenvalue weighted by atomic mass is 35.5. The molecule has 56 heavy (non-hydrogen) atoms. The van der Waals surface area contributed by atoms with Gasteiger partial charge in [-0.05, 0) is 73.9 Å². The first-order valence-electron chi connectivity index (χ1n) is 19.0. The summed E-state index contributed by atoms with van der Waals surface area (Å²) in [4.78, 5) is 73.9. The predicted octanol–water partition coefficient (Wildman–Crippen LogP) is 5.78. The Hall–Kier alpha value is -4.77. The monoisotopic (exact) mass is 794 g/mol. The number of hydrogen-bond donors (Lipinski definition) is 2. The number of benzene rings is 3. The third-order valence-electron chi connectivity index (χ3n) is 9.48. The van der Waals surface area contributed by atoms with Gasteiger partial charge in [0, 0.05) is 18.1 Å². The van der Waals surface area contributed by atoms with E-state index in [1.165, 1.54) is 15.0 Å². The maximum atomic E-state index is 12.7. The summed E-state index contributed by atoms with van der Waals surface area (Å²) in [5.41, 5.74) is 4.43. The summed E-state index contributed by atoms with van der Waals surface area (Å²) >= 11 is 5.84. The van der Waals surface area contributed by atoms with Crippen LogP contribution in [0.4, 0.5) is 9.59 Å². The third-order valence-corrected chi connectivity index (χ3v) is 9.73. The minimum Gasteiger partial charge on any atom is -0.425 e. The molecule has 4 bridgehead atoms. The number of urea groups is 2. The van der Waals surface area contributed by atoms with E-state index in [9.17, 15) is 19.2 Å². The maximum Gasteiger partial charge on any atom is 0.345 e. The molecule has 0 radical (unpaired) electrons. The second-order valence-corrected chi connectivity index (χ2v) is 14.0. The summed E-state index contributed by atoms with van der Waals surface area (Å²) in [6, 6.07) is 24.3. The van der Waals surface area contributed by atoms with E-state index in [1.54, 1.807) is 29.2 Å². The minimum atomic E-state index is -0.602. The molecular weight excluding hydrogens is 744 g/mol. The number of carbonyl (C=O) groups excluding carboxylic acids is 4. The number of hydrogen-bond acceptors (Lipinski definition) is 10. The van der Waals surface area contributed by atoms with Crippen molar-refractivity contribution >= 4 is 35.5 Å². The van der Waals surface area contributed by atoms with Crippen LogP contribution in [0.15, 0.2) is 84.9 Å². The second kappa shape index (κ2) is 21.5. The van der Waals surface area contributed by atoms with Crippen molar-refractivity contribution in [2.45, 2.75) is 89.8 Å². The standard InChI is InChI=1S/C20H19ClN2O4.C17H23N3O4.C3H9NO/c21-15-6-9-17(10-7-15)27-19(24)18-11-8-16-12-22(18)20(25)23(16)26-13-14-4-2-1-3-5-14;1-2-10-23-18-16(21)15-9-8-14-11-19(15)17(22)20(14)24-12-13-6-4-3-5-7-13;1-2-3-5-4/h1-7,9-10,16,18H,8,11-13H2;3-7,14-15H,2,8-12H2,1H3,(H,18,21);2-4H2,1H3/t16-,18+;14-,15+;/m11./s1. The molecule has 0 aliphatic carbocycles. The fourth-order valence-electron chi connectivity index (χ4n) is 6.65. The highest BCUT2D eigenvalue weighted by molar-refractivity contribution is 6.30. The van der Waals surface area contributed by atoms with E-state index in [0.717, 1.165) is 30.4 Å². The molecule has 3 N–H and O–H groups in total. The van der Waals surface area contributed by atoms with Gasteiger partial charge in [0.2, 0.25) is 0 Å². The van der Waals surface area contributed by atoms with Gasteiger partial charge in [-0.3, -0.25) is 19.3 Å². The van der Waals surface area contributed by atoms with Gasteiger partial charge in [0.1, 0.15) is 31.0 Å². The topological polar surface area (TPSA) is 165 Å². The van der Waals surface area contributed by atoms with E-state index in [4.69, 9.17) is 30.9 Å². The molecule has 0 unspecified atom stereocenters. The fraction of sp³-hybridized carbons (Fsp3) is 0.450. The van der Waals surface area contributed by atoms with Crippen LogP contribution in [0.5, 0.6) is 5.75 Å². The van der Waals surface area contributed by atoms with Crippen molar-refractivity contribution in [3.8, 4) is 5.75 Å². The molecule has 4 fully saturated rings. The molecular formula is C40H51ClN6O9. The number of amides is 5. The molecule has 5 amide bonds. The van der Waals surface area contributed by atoms with Gasteiger partial charge in [-0.25, -0.2) is 25.8 Å². The smallest absolute Gasteiger partial charge is 0.345 e. The molecule has 302 valence electrons. The number of esters is 1. The van der Waals surface area contributed by atoms with Crippen LogP contribution in [-0.4, -0.2) is 94.3 Å². The summed E-state index contributed by atoms with van der Waals surface area (Å²) in [7, 11) is 0. The Bertz CT molecular complexity index is 1710. The number of halogens is 1. The summed E-state index contributed by atoms with van der Waals surface area (Å²) in [5, 5.41) is 3.40. The molecule has 7 rings (SSSR count). The molecule has 4 aliphatic rings. The average molecular weight is 795 g/mol. The van der Waals surface area contributed by atoms with E-state index < -0.39 is 18.1 Å². The van der Waals surface area contributed by atoms with Crippen molar-refractivity contribution in [2.75, 3.05) is 26.3 Å². The van der Waals surface area contributed by atoms with E-state index in [0.29, 0.717) is 69.6 Å². The normalized spacial score (nSPS) is 20.9. The molecule has 0 saturated carbocycles. The zero-order chi connectivity index (χ0) is 39.9. The molecule has 16 heteroatoms. The number of piperidine rings is 2. The first-order chi connectivity index (χ1) is 27.2. The van der Waals surface area contributed by atoms with Gasteiger partial charge in [-0.2, -0.15) is 10.1 Å². The number of rotatable bonds is 14. The van der Waals surface area contributed by atoms with Crippen LogP contribution in [0.2, 0.25) is 5.02 Å². The van der Waals surface area contributed by atoms with Crippen molar-refractivity contribution in [3.05, 3.63) is 101 Å². The zero-order valence-corrected chi connectivity index (χ0v) is 32.6. The molecule has 4 saturated heterocycles. The molecule has 3 aromatic carbocycles.